The summed E-state index contributed by atoms with van der Waals surface area (Å²) >= 11 is 3.12. The standard InChI is InChI=1S/C12H17BrO3/c1-5-8(2)6-10(12(15)16-4)7-11(13)9(3)14/h6-8H,5H2,1-4H3/b10-6+,11-7+. The highest BCUT2D eigenvalue weighted by Gasteiger charge is 2.10. The third kappa shape index (κ3) is 5.26. The van der Waals surface area contributed by atoms with Gasteiger partial charge in [0.05, 0.1) is 17.2 Å². The largest absolute Gasteiger partial charge is 0.465 e. The van der Waals surface area contributed by atoms with Gasteiger partial charge in [-0.05, 0) is 34.8 Å². The highest BCUT2D eigenvalue weighted by atomic mass is 79.9. The molecule has 0 aromatic carbocycles. The molecule has 0 aromatic heterocycles. The first-order valence-corrected chi connectivity index (χ1v) is 5.89. The van der Waals surface area contributed by atoms with Crippen LogP contribution in [0.15, 0.2) is 22.2 Å². The van der Waals surface area contributed by atoms with E-state index in [4.69, 9.17) is 0 Å². The van der Waals surface area contributed by atoms with Crippen molar-refractivity contribution in [2.24, 2.45) is 5.92 Å². The van der Waals surface area contributed by atoms with Gasteiger partial charge in [0.2, 0.25) is 0 Å². The summed E-state index contributed by atoms with van der Waals surface area (Å²) < 4.78 is 5.02. The lowest BCUT2D eigenvalue weighted by Crippen LogP contribution is -2.06. The van der Waals surface area contributed by atoms with Gasteiger partial charge in [-0.1, -0.05) is 26.3 Å². The summed E-state index contributed by atoms with van der Waals surface area (Å²) in [6.07, 6.45) is 4.22. The maximum absolute atomic E-state index is 11.5. The second-order valence-electron chi connectivity index (χ2n) is 3.55. The van der Waals surface area contributed by atoms with E-state index in [0.29, 0.717) is 10.1 Å². The molecule has 0 saturated heterocycles. The first kappa shape index (κ1) is 15.1. The SMILES string of the molecule is CCC(C)/C=C(\C=C(\Br)C(C)=O)C(=O)OC. The molecule has 0 aliphatic rings. The molecular weight excluding hydrogens is 272 g/mol. The molecule has 0 radical (unpaired) electrons. The van der Waals surface area contributed by atoms with E-state index in [1.165, 1.54) is 20.1 Å². The highest BCUT2D eigenvalue weighted by Crippen LogP contribution is 2.15. The molecule has 4 heteroatoms. The second kappa shape index (κ2) is 7.39. The Labute approximate surface area is 105 Å². The molecule has 1 atom stereocenters. The lowest BCUT2D eigenvalue weighted by atomic mass is 10.0. The highest BCUT2D eigenvalue weighted by molar-refractivity contribution is 9.12. The Bertz CT molecular complexity index is 329. The van der Waals surface area contributed by atoms with Gasteiger partial charge in [-0.15, -0.1) is 0 Å². The molecule has 0 aliphatic heterocycles. The summed E-state index contributed by atoms with van der Waals surface area (Å²) in [4.78, 5) is 22.5. The third-order valence-corrected chi connectivity index (χ3v) is 2.93. The molecule has 0 rings (SSSR count). The normalized spacial score (nSPS) is 14.6. The van der Waals surface area contributed by atoms with Crippen LogP contribution in [-0.4, -0.2) is 18.9 Å². The molecule has 3 nitrogen and oxygen atoms in total. The maximum Gasteiger partial charge on any atom is 0.337 e. The molecule has 16 heavy (non-hydrogen) atoms. The van der Waals surface area contributed by atoms with Crippen LogP contribution in [0.3, 0.4) is 0 Å². The Morgan fingerprint density at radius 1 is 1.44 bits per heavy atom. The summed E-state index contributed by atoms with van der Waals surface area (Å²) in [5.74, 6) is -0.296. The number of carbonyl (C=O) groups excluding carboxylic acids is 2. The Morgan fingerprint density at radius 3 is 2.38 bits per heavy atom. The molecule has 90 valence electrons. The van der Waals surface area contributed by atoms with Crippen molar-refractivity contribution in [2.75, 3.05) is 7.11 Å². The van der Waals surface area contributed by atoms with Crippen LogP contribution in [0.2, 0.25) is 0 Å². The number of ether oxygens (including phenoxy) is 1. The van der Waals surface area contributed by atoms with E-state index >= 15 is 0 Å². The van der Waals surface area contributed by atoms with Crippen molar-refractivity contribution in [1.82, 2.24) is 0 Å². The average molecular weight is 289 g/mol. The topological polar surface area (TPSA) is 43.4 Å². The van der Waals surface area contributed by atoms with E-state index < -0.39 is 5.97 Å². The molecule has 0 saturated carbocycles. The number of esters is 1. The fourth-order valence-electron chi connectivity index (χ4n) is 0.955. The third-order valence-electron chi connectivity index (χ3n) is 2.15. The van der Waals surface area contributed by atoms with Gasteiger partial charge in [0.15, 0.2) is 5.78 Å². The van der Waals surface area contributed by atoms with Gasteiger partial charge < -0.3 is 4.74 Å². The van der Waals surface area contributed by atoms with Gasteiger partial charge >= 0.3 is 5.97 Å². The Kier molecular flexibility index (Phi) is 6.97. The van der Waals surface area contributed by atoms with Crippen LogP contribution in [0.1, 0.15) is 27.2 Å². The fourth-order valence-corrected chi connectivity index (χ4v) is 1.20. The first-order chi connectivity index (χ1) is 7.42. The van der Waals surface area contributed by atoms with Crippen LogP contribution in [0, 0.1) is 5.92 Å². The Morgan fingerprint density at radius 2 is 2.00 bits per heavy atom. The van der Waals surface area contributed by atoms with Gasteiger partial charge in [0.25, 0.3) is 0 Å². The van der Waals surface area contributed by atoms with Crippen LogP contribution < -0.4 is 0 Å². The zero-order valence-corrected chi connectivity index (χ0v) is 11.6. The fraction of sp³-hybridized carbons (Fsp3) is 0.500. The number of Topliss-reactive ketones (excluding diaryl/α,β-unsaturated/α-hetero) is 1. The molecule has 0 amide bonds. The zero-order valence-electron chi connectivity index (χ0n) is 10.0. The van der Waals surface area contributed by atoms with E-state index in [-0.39, 0.29) is 11.7 Å². The smallest absolute Gasteiger partial charge is 0.337 e. The second-order valence-corrected chi connectivity index (χ2v) is 4.40. The quantitative estimate of drug-likeness (QED) is 0.444. The number of rotatable bonds is 5. The van der Waals surface area contributed by atoms with Crippen molar-refractivity contribution in [3.8, 4) is 0 Å². The molecule has 0 aromatic rings. The number of hydrogen-bond acceptors (Lipinski definition) is 3. The van der Waals surface area contributed by atoms with Crippen LogP contribution >= 0.6 is 15.9 Å². The summed E-state index contributed by atoms with van der Waals surface area (Å²) in [5.41, 5.74) is 0.402. The van der Waals surface area contributed by atoms with Gasteiger partial charge in [-0.3, -0.25) is 4.79 Å². The van der Waals surface area contributed by atoms with Gasteiger partial charge in [-0.25, -0.2) is 4.79 Å². The van der Waals surface area contributed by atoms with E-state index in [1.807, 2.05) is 13.8 Å². The molecule has 0 fully saturated rings. The molecule has 0 heterocycles. The van der Waals surface area contributed by atoms with Crippen molar-refractivity contribution >= 4 is 27.7 Å². The summed E-state index contributed by atoms with van der Waals surface area (Å²) in [5, 5.41) is 0. The Balaban J connectivity index is 5.11. The molecule has 0 N–H and O–H groups in total. The molecule has 0 aliphatic carbocycles. The monoisotopic (exact) mass is 288 g/mol. The summed E-state index contributed by atoms with van der Waals surface area (Å²) in [6, 6.07) is 0. The molecule has 1 unspecified atom stereocenters. The van der Waals surface area contributed by atoms with Crippen molar-refractivity contribution in [3.05, 3.63) is 22.2 Å². The summed E-state index contributed by atoms with van der Waals surface area (Å²) in [7, 11) is 1.32. The average Bonchev–Trinajstić information content (AvgIpc) is 2.26. The lowest BCUT2D eigenvalue weighted by molar-refractivity contribution is -0.135. The van der Waals surface area contributed by atoms with Gasteiger partial charge in [0, 0.05) is 0 Å². The number of allylic oxidation sites excluding steroid dienone is 2. The zero-order chi connectivity index (χ0) is 12.7. The predicted molar refractivity (Wildman–Crippen MR) is 67.2 cm³/mol. The predicted octanol–water partition coefficient (Wildman–Crippen LogP) is 3.00. The van der Waals surface area contributed by atoms with E-state index in [9.17, 15) is 9.59 Å². The number of hydrogen-bond donors (Lipinski definition) is 0. The van der Waals surface area contributed by atoms with Crippen LogP contribution in [0.4, 0.5) is 0 Å². The van der Waals surface area contributed by atoms with E-state index in [1.54, 1.807) is 6.08 Å². The molecule has 0 spiro atoms. The van der Waals surface area contributed by atoms with Crippen molar-refractivity contribution in [2.45, 2.75) is 27.2 Å². The van der Waals surface area contributed by atoms with E-state index in [2.05, 4.69) is 20.7 Å². The van der Waals surface area contributed by atoms with Crippen LogP contribution in [0.5, 0.6) is 0 Å². The number of methoxy groups -OCH3 is 1. The number of carbonyl (C=O) groups is 2. The van der Waals surface area contributed by atoms with Crippen molar-refractivity contribution < 1.29 is 14.3 Å². The number of halogens is 1. The van der Waals surface area contributed by atoms with Crippen molar-refractivity contribution in [1.29, 1.82) is 0 Å². The maximum atomic E-state index is 11.5. The van der Waals surface area contributed by atoms with E-state index in [0.717, 1.165) is 6.42 Å². The minimum absolute atomic E-state index is 0.126. The number of ketones is 1. The van der Waals surface area contributed by atoms with Gasteiger partial charge in [0.1, 0.15) is 0 Å². The van der Waals surface area contributed by atoms with Gasteiger partial charge in [-0.2, -0.15) is 0 Å². The molecule has 0 bridgehead atoms. The first-order valence-electron chi connectivity index (χ1n) is 5.10. The Hall–Kier alpha value is -0.900. The minimum atomic E-state index is -0.432. The molecular formula is C12H17BrO3. The van der Waals surface area contributed by atoms with Crippen LogP contribution in [-0.2, 0) is 14.3 Å². The van der Waals surface area contributed by atoms with Crippen molar-refractivity contribution in [3.63, 3.8) is 0 Å². The lowest BCUT2D eigenvalue weighted by Gasteiger charge is -2.05. The van der Waals surface area contributed by atoms with Crippen LogP contribution in [0.25, 0.3) is 0 Å². The summed E-state index contributed by atoms with van der Waals surface area (Å²) in [6.45, 7) is 5.46. The minimum Gasteiger partial charge on any atom is -0.465 e.